The Kier molecular flexibility index (Phi) is 3.39. The molecular formula is C9H17N2P. The summed E-state index contributed by atoms with van der Waals surface area (Å²) >= 11 is 0. The van der Waals surface area contributed by atoms with Crippen molar-refractivity contribution in [3.63, 3.8) is 0 Å². The lowest BCUT2D eigenvalue weighted by molar-refractivity contribution is 0.418. The molecule has 0 aliphatic heterocycles. The highest BCUT2D eigenvalue weighted by Crippen LogP contribution is 2.30. The lowest BCUT2D eigenvalue weighted by atomic mass is 9.86. The first-order valence-corrected chi connectivity index (χ1v) is 5.11. The van der Waals surface area contributed by atoms with E-state index in [4.69, 9.17) is 5.41 Å². The Hall–Kier alpha value is -0.230. The van der Waals surface area contributed by atoms with Gasteiger partial charge in [-0.2, -0.15) is 0 Å². The molecule has 0 spiro atoms. The van der Waals surface area contributed by atoms with E-state index >= 15 is 0 Å². The molecule has 3 heteroatoms. The fourth-order valence-corrected chi connectivity index (χ4v) is 1.54. The lowest BCUT2D eigenvalue weighted by Crippen LogP contribution is -2.19. The molecule has 1 aliphatic rings. The summed E-state index contributed by atoms with van der Waals surface area (Å²) in [6.07, 6.45) is 3.84. The van der Waals surface area contributed by atoms with Crippen molar-refractivity contribution in [3.05, 3.63) is 0 Å². The average molecular weight is 184 g/mol. The Bertz CT molecular complexity index is 205. The number of nitrogens with one attached hydrogen (secondary N) is 1. The summed E-state index contributed by atoms with van der Waals surface area (Å²) in [5, 5.41) is 7.57. The largest absolute Gasteiger partial charge is 0.286 e. The van der Waals surface area contributed by atoms with Gasteiger partial charge in [0.2, 0.25) is 0 Å². The van der Waals surface area contributed by atoms with Crippen molar-refractivity contribution in [2.75, 3.05) is 0 Å². The molecule has 68 valence electrons. The van der Waals surface area contributed by atoms with Crippen LogP contribution in [-0.2, 0) is 0 Å². The molecule has 1 rings (SSSR count). The molecular weight excluding hydrogens is 167 g/mol. The van der Waals surface area contributed by atoms with E-state index in [0.29, 0.717) is 11.8 Å². The molecule has 2 nitrogen and oxygen atoms in total. The van der Waals surface area contributed by atoms with E-state index in [1.54, 1.807) is 0 Å². The quantitative estimate of drug-likeness (QED) is 0.389. The summed E-state index contributed by atoms with van der Waals surface area (Å²) in [7, 11) is 2.67. The Labute approximate surface area is 76.6 Å². The Morgan fingerprint density at radius 3 is 2.42 bits per heavy atom. The number of hydrogen-bond donors (Lipinski definition) is 1. The molecule has 1 aliphatic carbocycles. The van der Waals surface area contributed by atoms with Crippen molar-refractivity contribution in [1.29, 1.82) is 5.41 Å². The van der Waals surface area contributed by atoms with Crippen molar-refractivity contribution < 1.29 is 0 Å². The van der Waals surface area contributed by atoms with Gasteiger partial charge in [0.25, 0.3) is 0 Å². The van der Waals surface area contributed by atoms with Gasteiger partial charge in [-0.05, 0) is 12.8 Å². The molecule has 1 unspecified atom stereocenters. The fraction of sp³-hybridized carbons (Fsp3) is 0.778. The van der Waals surface area contributed by atoms with Gasteiger partial charge in [-0.3, -0.25) is 5.41 Å². The second-order valence-corrected chi connectivity index (χ2v) is 4.30. The molecule has 0 aromatic carbocycles. The lowest BCUT2D eigenvalue weighted by Gasteiger charge is -2.25. The van der Waals surface area contributed by atoms with E-state index in [9.17, 15) is 0 Å². The first-order chi connectivity index (χ1) is 5.61. The SMILES string of the molecule is CC(C)C(=N)N=C(P)C1CCC1. The summed E-state index contributed by atoms with van der Waals surface area (Å²) in [6.45, 7) is 4.01. The van der Waals surface area contributed by atoms with E-state index in [-0.39, 0.29) is 5.92 Å². The minimum Gasteiger partial charge on any atom is -0.286 e. The molecule has 1 atom stereocenters. The van der Waals surface area contributed by atoms with Gasteiger partial charge in [0.05, 0.1) is 0 Å². The van der Waals surface area contributed by atoms with Gasteiger partial charge in [-0.1, -0.05) is 29.5 Å². The van der Waals surface area contributed by atoms with Crippen LogP contribution in [0.1, 0.15) is 33.1 Å². The predicted molar refractivity (Wildman–Crippen MR) is 57.1 cm³/mol. The van der Waals surface area contributed by atoms with Crippen molar-refractivity contribution in [2.45, 2.75) is 33.1 Å². The molecule has 1 saturated carbocycles. The highest BCUT2D eigenvalue weighted by Gasteiger charge is 2.20. The third-order valence-corrected chi connectivity index (χ3v) is 2.92. The van der Waals surface area contributed by atoms with Gasteiger partial charge in [0.1, 0.15) is 5.84 Å². The van der Waals surface area contributed by atoms with Crippen molar-refractivity contribution in [3.8, 4) is 0 Å². The van der Waals surface area contributed by atoms with Crippen LogP contribution in [-0.4, -0.2) is 11.3 Å². The molecule has 0 heterocycles. The zero-order valence-corrected chi connectivity index (χ0v) is 8.96. The third-order valence-electron chi connectivity index (χ3n) is 2.32. The van der Waals surface area contributed by atoms with Gasteiger partial charge in [-0.25, -0.2) is 4.99 Å². The first-order valence-electron chi connectivity index (χ1n) is 4.53. The van der Waals surface area contributed by atoms with E-state index in [1.165, 1.54) is 19.3 Å². The minimum atomic E-state index is 0.251. The van der Waals surface area contributed by atoms with Gasteiger partial charge in [0, 0.05) is 17.3 Å². The molecule has 1 N–H and O–H groups in total. The number of rotatable bonds is 2. The van der Waals surface area contributed by atoms with Crippen LogP contribution in [0.3, 0.4) is 0 Å². The van der Waals surface area contributed by atoms with Crippen LogP contribution in [0, 0.1) is 17.2 Å². The Morgan fingerprint density at radius 2 is 2.08 bits per heavy atom. The highest BCUT2D eigenvalue weighted by atomic mass is 31.0. The molecule has 0 saturated heterocycles. The number of aliphatic imine (C=N–C) groups is 1. The number of hydrogen-bond acceptors (Lipinski definition) is 1. The second kappa shape index (κ2) is 4.13. The van der Waals surface area contributed by atoms with Crippen molar-refractivity contribution >= 4 is 20.5 Å². The molecule has 0 radical (unpaired) electrons. The zero-order chi connectivity index (χ0) is 9.14. The average Bonchev–Trinajstić information content (AvgIpc) is 1.82. The van der Waals surface area contributed by atoms with E-state index in [2.05, 4.69) is 14.2 Å². The Balaban J connectivity index is 2.48. The second-order valence-electron chi connectivity index (χ2n) is 3.70. The molecule has 0 aromatic rings. The topological polar surface area (TPSA) is 36.2 Å². The fourth-order valence-electron chi connectivity index (χ4n) is 1.06. The summed E-state index contributed by atoms with van der Waals surface area (Å²) in [6, 6.07) is 0. The maximum absolute atomic E-state index is 7.57. The normalized spacial score (nSPS) is 19.5. The molecule has 0 bridgehead atoms. The van der Waals surface area contributed by atoms with Crippen LogP contribution in [0.5, 0.6) is 0 Å². The van der Waals surface area contributed by atoms with E-state index < -0.39 is 0 Å². The third kappa shape index (κ3) is 2.38. The van der Waals surface area contributed by atoms with Crippen molar-refractivity contribution in [1.82, 2.24) is 0 Å². The van der Waals surface area contributed by atoms with Gasteiger partial charge in [0.15, 0.2) is 0 Å². The molecule has 0 amide bonds. The molecule has 12 heavy (non-hydrogen) atoms. The number of nitrogens with zero attached hydrogens (tertiary/aromatic N) is 1. The van der Waals surface area contributed by atoms with Gasteiger partial charge < -0.3 is 0 Å². The minimum absolute atomic E-state index is 0.251. The smallest absolute Gasteiger partial charge is 0.123 e. The van der Waals surface area contributed by atoms with Crippen LogP contribution in [0.15, 0.2) is 4.99 Å². The van der Waals surface area contributed by atoms with Crippen LogP contribution in [0.25, 0.3) is 0 Å². The van der Waals surface area contributed by atoms with Crippen LogP contribution in [0.4, 0.5) is 0 Å². The van der Waals surface area contributed by atoms with Gasteiger partial charge in [-0.15, -0.1) is 0 Å². The standard InChI is InChI=1S/C9H17N2P/c1-6(2)8(10)11-9(12)7-4-3-5-7/h6-7,10H,3-5,12H2,1-2H3. The summed E-state index contributed by atoms with van der Waals surface area (Å²) in [5.41, 5.74) is 1.08. The maximum atomic E-state index is 7.57. The summed E-state index contributed by atoms with van der Waals surface area (Å²) < 4.78 is 0. The van der Waals surface area contributed by atoms with Crippen LogP contribution >= 0.6 is 9.24 Å². The Morgan fingerprint density at radius 1 is 1.50 bits per heavy atom. The van der Waals surface area contributed by atoms with Crippen molar-refractivity contribution in [2.24, 2.45) is 16.8 Å². The summed E-state index contributed by atoms with van der Waals surface area (Å²) in [5.74, 6) is 1.40. The van der Waals surface area contributed by atoms with Crippen LogP contribution < -0.4 is 0 Å². The van der Waals surface area contributed by atoms with Gasteiger partial charge >= 0.3 is 0 Å². The maximum Gasteiger partial charge on any atom is 0.123 e. The zero-order valence-electron chi connectivity index (χ0n) is 7.80. The first kappa shape index (κ1) is 9.85. The van der Waals surface area contributed by atoms with E-state index in [0.717, 1.165) is 5.45 Å². The van der Waals surface area contributed by atoms with E-state index in [1.807, 2.05) is 13.8 Å². The molecule has 1 fully saturated rings. The van der Waals surface area contributed by atoms with Crippen LogP contribution in [0.2, 0.25) is 0 Å². The predicted octanol–water partition coefficient (Wildman–Crippen LogP) is 2.69. The highest BCUT2D eigenvalue weighted by molar-refractivity contribution is 7.40. The molecule has 0 aromatic heterocycles. The number of amidine groups is 1. The summed E-state index contributed by atoms with van der Waals surface area (Å²) in [4.78, 5) is 4.26. The monoisotopic (exact) mass is 184 g/mol.